The SMILES string of the molecule is CC.CP(O)c1ccc(Cl)cc1. The fourth-order valence-corrected chi connectivity index (χ4v) is 1.36. The number of hydrogen-bond donors (Lipinski definition) is 1. The largest absolute Gasteiger partial charge is 0.369 e. The lowest BCUT2D eigenvalue weighted by Gasteiger charge is -2.01. The van der Waals surface area contributed by atoms with Crippen LogP contribution in [0.5, 0.6) is 0 Å². The van der Waals surface area contributed by atoms with Gasteiger partial charge in [0.25, 0.3) is 0 Å². The highest BCUT2D eigenvalue weighted by atomic mass is 35.5. The average molecular weight is 205 g/mol. The second kappa shape index (κ2) is 6.42. The molecule has 12 heavy (non-hydrogen) atoms. The van der Waals surface area contributed by atoms with Gasteiger partial charge in [-0.3, -0.25) is 0 Å². The van der Waals surface area contributed by atoms with Crippen LogP contribution in [-0.4, -0.2) is 11.6 Å². The summed E-state index contributed by atoms with van der Waals surface area (Å²) in [5.74, 6) is 0. The Morgan fingerprint density at radius 3 is 1.92 bits per heavy atom. The highest BCUT2D eigenvalue weighted by Crippen LogP contribution is 2.22. The van der Waals surface area contributed by atoms with Gasteiger partial charge in [-0.2, -0.15) is 0 Å². The molecular weight excluding hydrogens is 191 g/mol. The van der Waals surface area contributed by atoms with Gasteiger partial charge in [-0.15, -0.1) is 0 Å². The zero-order chi connectivity index (χ0) is 9.56. The molecule has 1 rings (SSSR count). The van der Waals surface area contributed by atoms with Crippen molar-refractivity contribution in [2.45, 2.75) is 13.8 Å². The molecule has 0 fully saturated rings. The number of hydrogen-bond acceptors (Lipinski definition) is 1. The summed E-state index contributed by atoms with van der Waals surface area (Å²) in [6.07, 6.45) is 0. The van der Waals surface area contributed by atoms with Gasteiger partial charge in [0.1, 0.15) is 0 Å². The molecule has 1 unspecified atom stereocenters. The van der Waals surface area contributed by atoms with Crippen molar-refractivity contribution < 1.29 is 4.89 Å². The number of halogens is 1. The monoisotopic (exact) mass is 204 g/mol. The van der Waals surface area contributed by atoms with Crippen LogP contribution in [0.1, 0.15) is 13.8 Å². The molecule has 0 bridgehead atoms. The van der Waals surface area contributed by atoms with Crippen molar-refractivity contribution in [1.29, 1.82) is 0 Å². The molecule has 1 aromatic carbocycles. The van der Waals surface area contributed by atoms with Crippen molar-refractivity contribution in [2.24, 2.45) is 0 Å². The molecule has 0 radical (unpaired) electrons. The van der Waals surface area contributed by atoms with Crippen LogP contribution in [0.4, 0.5) is 0 Å². The molecule has 0 spiro atoms. The predicted molar refractivity (Wildman–Crippen MR) is 57.5 cm³/mol. The molecule has 0 aromatic heterocycles. The summed E-state index contributed by atoms with van der Waals surface area (Å²) < 4.78 is 0. The second-order valence-electron chi connectivity index (χ2n) is 2.00. The first kappa shape index (κ1) is 11.9. The summed E-state index contributed by atoms with van der Waals surface area (Å²) in [5, 5.41) is 1.67. The van der Waals surface area contributed by atoms with Crippen molar-refractivity contribution >= 4 is 25.1 Å². The molecule has 1 atom stereocenters. The van der Waals surface area contributed by atoms with Gasteiger partial charge >= 0.3 is 0 Å². The van der Waals surface area contributed by atoms with E-state index in [1.165, 1.54) is 0 Å². The molecule has 0 aliphatic heterocycles. The number of rotatable bonds is 1. The van der Waals surface area contributed by atoms with Crippen LogP contribution in [-0.2, 0) is 0 Å². The minimum Gasteiger partial charge on any atom is -0.369 e. The van der Waals surface area contributed by atoms with Crippen molar-refractivity contribution in [2.75, 3.05) is 6.66 Å². The third kappa shape index (κ3) is 4.06. The summed E-state index contributed by atoms with van der Waals surface area (Å²) >= 11 is 5.64. The molecule has 0 amide bonds. The van der Waals surface area contributed by atoms with E-state index in [2.05, 4.69) is 0 Å². The Labute approximate surface area is 80.2 Å². The molecular formula is C9H14ClOP. The molecule has 0 saturated carbocycles. The molecule has 0 aliphatic rings. The van der Waals surface area contributed by atoms with Crippen molar-refractivity contribution in [1.82, 2.24) is 0 Å². The third-order valence-corrected chi connectivity index (χ3v) is 2.50. The zero-order valence-corrected chi connectivity index (χ0v) is 9.23. The Hall–Kier alpha value is -0.100. The fourth-order valence-electron chi connectivity index (χ4n) is 0.657. The molecule has 3 heteroatoms. The lowest BCUT2D eigenvalue weighted by molar-refractivity contribution is 0.641. The summed E-state index contributed by atoms with van der Waals surface area (Å²) in [6, 6.07) is 7.25. The van der Waals surface area contributed by atoms with E-state index in [0.29, 0.717) is 5.02 Å². The maximum atomic E-state index is 9.14. The van der Waals surface area contributed by atoms with E-state index in [1.807, 2.05) is 26.0 Å². The second-order valence-corrected chi connectivity index (χ2v) is 4.00. The predicted octanol–water partition coefficient (Wildman–Crippen LogP) is 3.01. The van der Waals surface area contributed by atoms with Gasteiger partial charge in [0.15, 0.2) is 0 Å². The molecule has 1 N–H and O–H groups in total. The van der Waals surface area contributed by atoms with Crippen LogP contribution in [0.15, 0.2) is 24.3 Å². The lowest BCUT2D eigenvalue weighted by atomic mass is 10.4. The summed E-state index contributed by atoms with van der Waals surface area (Å²) in [6.45, 7) is 5.79. The summed E-state index contributed by atoms with van der Waals surface area (Å²) in [4.78, 5) is 9.14. The van der Waals surface area contributed by atoms with Gasteiger partial charge in [0.2, 0.25) is 0 Å². The molecule has 1 aromatic rings. The lowest BCUT2D eigenvalue weighted by Crippen LogP contribution is -1.96. The quantitative estimate of drug-likeness (QED) is 0.698. The maximum absolute atomic E-state index is 9.14. The third-order valence-electron chi connectivity index (χ3n) is 1.20. The van der Waals surface area contributed by atoms with Crippen molar-refractivity contribution in [3.63, 3.8) is 0 Å². The van der Waals surface area contributed by atoms with Crippen LogP contribution >= 0.6 is 19.7 Å². The van der Waals surface area contributed by atoms with Gasteiger partial charge in [-0.05, 0) is 18.8 Å². The Morgan fingerprint density at radius 1 is 1.17 bits per heavy atom. The van der Waals surface area contributed by atoms with E-state index in [1.54, 1.807) is 18.8 Å². The Bertz CT molecular complexity index is 208. The zero-order valence-electron chi connectivity index (χ0n) is 7.58. The molecule has 0 aliphatic carbocycles. The average Bonchev–Trinajstić information content (AvgIpc) is 2.09. The van der Waals surface area contributed by atoms with Gasteiger partial charge in [-0.25, -0.2) is 0 Å². The maximum Gasteiger partial charge on any atom is 0.0531 e. The highest BCUT2D eigenvalue weighted by molar-refractivity contribution is 7.59. The summed E-state index contributed by atoms with van der Waals surface area (Å²) in [5.41, 5.74) is 0. The van der Waals surface area contributed by atoms with Gasteiger partial charge in [0, 0.05) is 10.3 Å². The first-order valence-corrected chi connectivity index (χ1v) is 6.00. The van der Waals surface area contributed by atoms with E-state index in [9.17, 15) is 0 Å². The standard InChI is InChI=1S/C7H8ClOP.C2H6/c1-10(9)7-4-2-6(8)3-5-7;1-2/h2-5,9H,1H3;1-2H3. The van der Waals surface area contributed by atoms with Gasteiger partial charge in [-0.1, -0.05) is 37.6 Å². The van der Waals surface area contributed by atoms with Crippen LogP contribution in [0, 0.1) is 0 Å². The number of benzene rings is 1. The first-order valence-electron chi connectivity index (χ1n) is 3.88. The van der Waals surface area contributed by atoms with E-state index in [-0.39, 0.29) is 0 Å². The normalized spacial score (nSPS) is 11.4. The van der Waals surface area contributed by atoms with Crippen LogP contribution in [0.2, 0.25) is 5.02 Å². The van der Waals surface area contributed by atoms with Crippen LogP contribution in [0.3, 0.4) is 0 Å². The van der Waals surface area contributed by atoms with Gasteiger partial charge < -0.3 is 4.89 Å². The van der Waals surface area contributed by atoms with E-state index in [4.69, 9.17) is 16.5 Å². The van der Waals surface area contributed by atoms with Gasteiger partial charge in [0.05, 0.1) is 8.15 Å². The molecule has 68 valence electrons. The van der Waals surface area contributed by atoms with E-state index in [0.717, 1.165) is 5.30 Å². The molecule has 0 heterocycles. The Balaban J connectivity index is 0.000000561. The van der Waals surface area contributed by atoms with E-state index < -0.39 is 8.15 Å². The smallest absolute Gasteiger partial charge is 0.0531 e. The van der Waals surface area contributed by atoms with Crippen molar-refractivity contribution in [3.8, 4) is 0 Å². The topological polar surface area (TPSA) is 20.2 Å². The first-order chi connectivity index (χ1) is 5.70. The highest BCUT2D eigenvalue weighted by Gasteiger charge is 1.97. The molecule has 1 nitrogen and oxygen atoms in total. The minimum absolute atomic E-state index is 0.709. The summed E-state index contributed by atoms with van der Waals surface area (Å²) in [7, 11) is -0.967. The Morgan fingerprint density at radius 2 is 1.58 bits per heavy atom. The molecule has 0 saturated heterocycles. The van der Waals surface area contributed by atoms with Crippen LogP contribution in [0.25, 0.3) is 0 Å². The fraction of sp³-hybridized carbons (Fsp3) is 0.333. The minimum atomic E-state index is -0.967. The Kier molecular flexibility index (Phi) is 6.37. The van der Waals surface area contributed by atoms with E-state index >= 15 is 0 Å². The van der Waals surface area contributed by atoms with Crippen molar-refractivity contribution in [3.05, 3.63) is 29.3 Å². The van der Waals surface area contributed by atoms with Crippen LogP contribution < -0.4 is 5.30 Å².